The van der Waals surface area contributed by atoms with Crippen LogP contribution < -0.4 is 15.4 Å². The van der Waals surface area contributed by atoms with Crippen molar-refractivity contribution in [1.29, 1.82) is 0 Å². The fraction of sp³-hybridized carbons (Fsp3) is 0.571. The van der Waals surface area contributed by atoms with Crippen molar-refractivity contribution in [3.63, 3.8) is 0 Å². The Labute approximate surface area is 174 Å². The summed E-state index contributed by atoms with van der Waals surface area (Å²) < 4.78 is 29.4. The van der Waals surface area contributed by atoms with Crippen molar-refractivity contribution in [2.75, 3.05) is 11.9 Å². The molecular weight excluding hydrogens is 396 g/mol. The van der Waals surface area contributed by atoms with Gasteiger partial charge in [-0.2, -0.15) is 8.78 Å². The van der Waals surface area contributed by atoms with Gasteiger partial charge in [-0.15, -0.1) is 0 Å². The van der Waals surface area contributed by atoms with Crippen LogP contribution in [0, 0.1) is 18.3 Å². The maximum absolute atomic E-state index is 13.1. The average Bonchev–Trinajstić information content (AvgIpc) is 2.79. The van der Waals surface area contributed by atoms with Gasteiger partial charge >= 0.3 is 12.6 Å². The summed E-state index contributed by atoms with van der Waals surface area (Å²) >= 11 is 0. The van der Waals surface area contributed by atoms with Crippen LogP contribution in [0.4, 0.5) is 19.3 Å². The van der Waals surface area contributed by atoms with E-state index in [9.17, 15) is 23.2 Å². The Kier molecular flexibility index (Phi) is 5.75. The number of imide groups is 1. The van der Waals surface area contributed by atoms with Crippen LogP contribution in [0.3, 0.4) is 0 Å². The topological polar surface area (TPSA) is 87.7 Å². The van der Waals surface area contributed by atoms with Gasteiger partial charge in [0.1, 0.15) is 17.8 Å². The molecule has 1 aromatic rings. The molecule has 2 fully saturated rings. The van der Waals surface area contributed by atoms with Crippen LogP contribution in [0.25, 0.3) is 0 Å². The lowest BCUT2D eigenvalue weighted by molar-refractivity contribution is -0.136. The van der Waals surface area contributed by atoms with Crippen molar-refractivity contribution >= 4 is 23.5 Å². The van der Waals surface area contributed by atoms with Gasteiger partial charge in [0.05, 0.1) is 0 Å². The second kappa shape index (κ2) is 7.85. The summed E-state index contributed by atoms with van der Waals surface area (Å²) in [6.45, 7) is 4.27. The molecule has 0 radical (unpaired) electrons. The number of urea groups is 1. The van der Waals surface area contributed by atoms with E-state index in [4.69, 9.17) is 0 Å². The first-order valence-corrected chi connectivity index (χ1v) is 9.91. The van der Waals surface area contributed by atoms with Gasteiger partial charge in [0.15, 0.2) is 0 Å². The lowest BCUT2D eigenvalue weighted by atomic mass is 9.64. The summed E-state index contributed by atoms with van der Waals surface area (Å²) in [5.41, 5.74) is -0.504. The van der Waals surface area contributed by atoms with E-state index in [1.54, 1.807) is 0 Å². The van der Waals surface area contributed by atoms with Gasteiger partial charge in [-0.3, -0.25) is 14.5 Å². The van der Waals surface area contributed by atoms with Crippen LogP contribution in [0.1, 0.15) is 45.6 Å². The number of alkyl halides is 2. The SMILES string of the molecule is Cc1c(NC(=O)CN2C(=O)NC3(CC(C)CC(C)(C)C3)C2=O)cccc1OC(F)F. The summed E-state index contributed by atoms with van der Waals surface area (Å²) in [6.07, 6.45) is 2.00. The first-order valence-electron chi connectivity index (χ1n) is 9.91. The molecule has 1 aliphatic carbocycles. The minimum absolute atomic E-state index is 0.0600. The van der Waals surface area contributed by atoms with E-state index in [1.807, 2.05) is 0 Å². The molecule has 2 aliphatic rings. The number of hydrogen-bond acceptors (Lipinski definition) is 4. The molecule has 2 unspecified atom stereocenters. The predicted octanol–water partition coefficient (Wildman–Crippen LogP) is 3.67. The van der Waals surface area contributed by atoms with E-state index in [0.717, 1.165) is 11.3 Å². The Balaban J connectivity index is 1.72. The molecule has 0 aromatic heterocycles. The number of amides is 4. The number of benzene rings is 1. The van der Waals surface area contributed by atoms with Crippen LogP contribution >= 0.6 is 0 Å². The molecule has 7 nitrogen and oxygen atoms in total. The monoisotopic (exact) mass is 423 g/mol. The van der Waals surface area contributed by atoms with Crippen molar-refractivity contribution in [3.8, 4) is 5.75 Å². The zero-order valence-electron chi connectivity index (χ0n) is 17.6. The quantitative estimate of drug-likeness (QED) is 0.708. The van der Waals surface area contributed by atoms with E-state index < -0.39 is 36.5 Å². The zero-order valence-corrected chi connectivity index (χ0v) is 17.6. The maximum atomic E-state index is 13.1. The zero-order chi connectivity index (χ0) is 22.3. The highest BCUT2D eigenvalue weighted by molar-refractivity contribution is 6.10. The fourth-order valence-electron chi connectivity index (χ4n) is 4.96. The first-order chi connectivity index (χ1) is 13.9. The van der Waals surface area contributed by atoms with Gasteiger partial charge in [0, 0.05) is 11.3 Å². The second-order valence-electron chi connectivity index (χ2n) is 9.11. The highest BCUT2D eigenvalue weighted by Crippen LogP contribution is 2.46. The van der Waals surface area contributed by atoms with Crippen molar-refractivity contribution < 1.29 is 27.9 Å². The number of nitrogens with one attached hydrogen (secondary N) is 2. The smallest absolute Gasteiger partial charge is 0.387 e. The summed E-state index contributed by atoms with van der Waals surface area (Å²) in [5.74, 6) is -0.799. The Morgan fingerprint density at radius 3 is 2.67 bits per heavy atom. The van der Waals surface area contributed by atoms with Crippen LogP contribution in [-0.2, 0) is 9.59 Å². The van der Waals surface area contributed by atoms with Crippen molar-refractivity contribution in [1.82, 2.24) is 10.2 Å². The summed E-state index contributed by atoms with van der Waals surface area (Å²) in [4.78, 5) is 39.1. The molecule has 1 spiro atoms. The molecule has 2 N–H and O–H groups in total. The first kappa shape index (κ1) is 22.0. The third kappa shape index (κ3) is 4.39. The third-order valence-corrected chi connectivity index (χ3v) is 5.70. The normalized spacial score (nSPS) is 25.6. The molecule has 1 heterocycles. The molecule has 1 aliphatic heterocycles. The summed E-state index contributed by atoms with van der Waals surface area (Å²) in [6, 6.07) is 3.77. The van der Waals surface area contributed by atoms with Crippen LogP contribution in [-0.4, -0.2) is 41.4 Å². The summed E-state index contributed by atoms with van der Waals surface area (Å²) in [7, 11) is 0. The molecule has 1 aromatic carbocycles. The van der Waals surface area contributed by atoms with Crippen molar-refractivity contribution in [3.05, 3.63) is 23.8 Å². The molecule has 2 atom stereocenters. The standard InChI is InChI=1S/C21H27F2N3O4/c1-12-8-20(3,4)11-21(9-12)17(28)26(19(29)25-21)10-16(27)24-14-6-5-7-15(13(14)2)30-18(22)23/h5-7,12,18H,8-11H2,1-4H3,(H,24,27)(H,25,29). The number of nitrogens with zero attached hydrogens (tertiary/aromatic N) is 1. The van der Waals surface area contributed by atoms with E-state index in [2.05, 4.69) is 36.1 Å². The molecule has 1 saturated heterocycles. The Bertz CT molecular complexity index is 874. The number of carbonyl (C=O) groups excluding carboxylic acids is 3. The Morgan fingerprint density at radius 2 is 2.03 bits per heavy atom. The molecule has 0 bridgehead atoms. The van der Waals surface area contributed by atoms with E-state index >= 15 is 0 Å². The van der Waals surface area contributed by atoms with E-state index in [0.29, 0.717) is 18.4 Å². The summed E-state index contributed by atoms with van der Waals surface area (Å²) in [5, 5.41) is 5.39. The largest absolute Gasteiger partial charge is 0.434 e. The molecule has 1 saturated carbocycles. The molecule has 3 rings (SSSR count). The second-order valence-corrected chi connectivity index (χ2v) is 9.11. The van der Waals surface area contributed by atoms with E-state index in [-0.39, 0.29) is 22.8 Å². The fourth-order valence-corrected chi connectivity index (χ4v) is 4.96. The number of carbonyl (C=O) groups is 3. The number of anilines is 1. The average molecular weight is 423 g/mol. The van der Waals surface area contributed by atoms with Gasteiger partial charge in [0.2, 0.25) is 5.91 Å². The van der Waals surface area contributed by atoms with Crippen LogP contribution in [0.15, 0.2) is 18.2 Å². The molecular formula is C21H27F2N3O4. The molecule has 4 amide bonds. The highest BCUT2D eigenvalue weighted by Gasteiger charge is 2.56. The number of hydrogen-bond donors (Lipinski definition) is 2. The highest BCUT2D eigenvalue weighted by atomic mass is 19.3. The van der Waals surface area contributed by atoms with Gasteiger partial charge in [-0.1, -0.05) is 26.8 Å². The van der Waals surface area contributed by atoms with Crippen molar-refractivity contribution in [2.24, 2.45) is 11.3 Å². The molecule has 30 heavy (non-hydrogen) atoms. The maximum Gasteiger partial charge on any atom is 0.387 e. The Morgan fingerprint density at radius 1 is 1.33 bits per heavy atom. The number of rotatable bonds is 5. The van der Waals surface area contributed by atoms with Gasteiger partial charge in [0.25, 0.3) is 5.91 Å². The minimum atomic E-state index is -2.99. The van der Waals surface area contributed by atoms with Gasteiger partial charge < -0.3 is 15.4 Å². The number of ether oxygens (including phenoxy) is 1. The molecule has 9 heteroatoms. The predicted molar refractivity (Wildman–Crippen MR) is 106 cm³/mol. The van der Waals surface area contributed by atoms with Gasteiger partial charge in [-0.25, -0.2) is 4.79 Å². The van der Waals surface area contributed by atoms with E-state index in [1.165, 1.54) is 25.1 Å². The molecule has 164 valence electrons. The van der Waals surface area contributed by atoms with Gasteiger partial charge in [-0.05, 0) is 49.7 Å². The van der Waals surface area contributed by atoms with Crippen molar-refractivity contribution in [2.45, 2.75) is 59.1 Å². The minimum Gasteiger partial charge on any atom is -0.434 e. The van der Waals surface area contributed by atoms with Crippen LogP contribution in [0.2, 0.25) is 0 Å². The lowest BCUT2D eigenvalue weighted by Crippen LogP contribution is -2.54. The number of halogens is 2. The lowest BCUT2D eigenvalue weighted by Gasteiger charge is -2.43. The third-order valence-electron chi connectivity index (χ3n) is 5.70. The Hall–Kier alpha value is -2.71. The van der Waals surface area contributed by atoms with Crippen LogP contribution in [0.5, 0.6) is 5.75 Å².